The second-order valence-electron chi connectivity index (χ2n) is 4.64. The van der Waals surface area contributed by atoms with Crippen molar-refractivity contribution in [3.63, 3.8) is 0 Å². The maximum atomic E-state index is 12.2. The van der Waals surface area contributed by atoms with E-state index in [1.54, 1.807) is 23.5 Å². The van der Waals surface area contributed by atoms with E-state index in [4.69, 9.17) is 4.74 Å². The molecular formula is C13H13NO4S. The number of carbonyl (C=O) groups is 2. The van der Waals surface area contributed by atoms with E-state index in [9.17, 15) is 14.7 Å². The third-order valence-corrected chi connectivity index (χ3v) is 4.38. The minimum absolute atomic E-state index is 0.252. The van der Waals surface area contributed by atoms with Gasteiger partial charge in [-0.3, -0.25) is 9.59 Å². The molecule has 3 rings (SSSR count). The number of ether oxygens (including phenoxy) is 1. The van der Waals surface area contributed by atoms with Gasteiger partial charge in [0.2, 0.25) is 5.91 Å². The monoisotopic (exact) mass is 279 g/mol. The average Bonchev–Trinajstić information content (AvgIpc) is 3.10. The number of carboxylic acids is 1. The summed E-state index contributed by atoms with van der Waals surface area (Å²) in [6.45, 7) is 0.431. The van der Waals surface area contributed by atoms with Crippen molar-refractivity contribution < 1.29 is 19.4 Å². The Hall–Kier alpha value is -1.66. The lowest BCUT2D eigenvalue weighted by Gasteiger charge is -2.20. The van der Waals surface area contributed by atoms with Crippen LogP contribution in [0.25, 0.3) is 0 Å². The van der Waals surface area contributed by atoms with Gasteiger partial charge in [0.1, 0.15) is 5.92 Å². The Labute approximate surface area is 113 Å². The summed E-state index contributed by atoms with van der Waals surface area (Å²) in [5, 5.41) is 13.9. The lowest BCUT2D eigenvalue weighted by Crippen LogP contribution is -2.42. The number of fused-ring (bicyclic) bond motifs is 2. The van der Waals surface area contributed by atoms with Crippen molar-refractivity contribution in [3.8, 4) is 0 Å². The van der Waals surface area contributed by atoms with Crippen LogP contribution in [0.2, 0.25) is 0 Å². The molecule has 0 aromatic carbocycles. The van der Waals surface area contributed by atoms with Crippen molar-refractivity contribution in [3.05, 3.63) is 34.5 Å². The van der Waals surface area contributed by atoms with E-state index >= 15 is 0 Å². The second-order valence-corrected chi connectivity index (χ2v) is 5.67. The molecule has 0 spiro atoms. The van der Waals surface area contributed by atoms with Crippen molar-refractivity contribution in [2.75, 3.05) is 0 Å². The van der Waals surface area contributed by atoms with Gasteiger partial charge in [-0.25, -0.2) is 0 Å². The molecule has 3 heterocycles. The SMILES string of the molecule is O=C(O)[C@@H]1[C@H](C(=O)NCc2cccs2)[C@H]2C=C[C@H]1O2. The van der Waals surface area contributed by atoms with E-state index in [-0.39, 0.29) is 5.91 Å². The topological polar surface area (TPSA) is 75.6 Å². The highest BCUT2D eigenvalue weighted by molar-refractivity contribution is 7.09. The van der Waals surface area contributed by atoms with Crippen LogP contribution in [0.4, 0.5) is 0 Å². The van der Waals surface area contributed by atoms with Crippen molar-refractivity contribution in [1.29, 1.82) is 0 Å². The quantitative estimate of drug-likeness (QED) is 0.807. The molecule has 5 nitrogen and oxygen atoms in total. The third-order valence-electron chi connectivity index (χ3n) is 3.50. The Morgan fingerprint density at radius 3 is 2.68 bits per heavy atom. The minimum Gasteiger partial charge on any atom is -0.481 e. The molecule has 100 valence electrons. The number of amides is 1. The molecule has 1 aromatic heterocycles. The van der Waals surface area contributed by atoms with E-state index < -0.39 is 30.0 Å². The Morgan fingerprint density at radius 2 is 2.05 bits per heavy atom. The summed E-state index contributed by atoms with van der Waals surface area (Å²) < 4.78 is 5.47. The van der Waals surface area contributed by atoms with Gasteiger partial charge in [-0.1, -0.05) is 18.2 Å². The number of nitrogens with one attached hydrogen (secondary N) is 1. The smallest absolute Gasteiger partial charge is 0.310 e. The van der Waals surface area contributed by atoms with Crippen molar-refractivity contribution in [2.45, 2.75) is 18.8 Å². The first-order chi connectivity index (χ1) is 9.16. The Balaban J connectivity index is 1.68. The zero-order chi connectivity index (χ0) is 13.4. The Morgan fingerprint density at radius 1 is 1.32 bits per heavy atom. The van der Waals surface area contributed by atoms with Crippen molar-refractivity contribution >= 4 is 23.2 Å². The number of rotatable bonds is 4. The van der Waals surface area contributed by atoms with E-state index in [0.29, 0.717) is 6.54 Å². The van der Waals surface area contributed by atoms with Crippen molar-refractivity contribution in [1.82, 2.24) is 5.32 Å². The van der Waals surface area contributed by atoms with Gasteiger partial charge in [0.15, 0.2) is 0 Å². The molecule has 1 aromatic rings. The number of thiophene rings is 1. The molecule has 0 radical (unpaired) electrons. The molecule has 2 aliphatic rings. The predicted octanol–water partition coefficient (Wildman–Crippen LogP) is 1.02. The number of carbonyl (C=O) groups excluding carboxylic acids is 1. The van der Waals surface area contributed by atoms with Crippen LogP contribution >= 0.6 is 11.3 Å². The highest BCUT2D eigenvalue weighted by Gasteiger charge is 2.53. The van der Waals surface area contributed by atoms with Gasteiger partial charge in [0.25, 0.3) is 0 Å². The maximum absolute atomic E-state index is 12.2. The molecule has 4 atom stereocenters. The molecule has 2 N–H and O–H groups in total. The summed E-state index contributed by atoms with van der Waals surface area (Å²) in [6.07, 6.45) is 2.63. The zero-order valence-electron chi connectivity index (χ0n) is 9.98. The average molecular weight is 279 g/mol. The molecule has 0 saturated carbocycles. The van der Waals surface area contributed by atoms with Crippen molar-refractivity contribution in [2.24, 2.45) is 11.8 Å². The lowest BCUT2D eigenvalue weighted by atomic mass is 9.82. The molecule has 2 bridgehead atoms. The number of carboxylic acid groups (broad SMARTS) is 1. The fourth-order valence-corrected chi connectivity index (χ4v) is 3.26. The van der Waals surface area contributed by atoms with E-state index in [1.807, 2.05) is 17.5 Å². The molecule has 6 heteroatoms. The van der Waals surface area contributed by atoms with Gasteiger partial charge in [-0.15, -0.1) is 11.3 Å². The van der Waals surface area contributed by atoms with E-state index in [0.717, 1.165) is 4.88 Å². The van der Waals surface area contributed by atoms with Crippen LogP contribution in [0.3, 0.4) is 0 Å². The highest BCUT2D eigenvalue weighted by Crippen LogP contribution is 2.39. The summed E-state index contributed by atoms with van der Waals surface area (Å²) in [5.74, 6) is -2.64. The van der Waals surface area contributed by atoms with Gasteiger partial charge in [0, 0.05) is 4.88 Å². The summed E-state index contributed by atoms with van der Waals surface area (Å²) >= 11 is 1.55. The van der Waals surface area contributed by atoms with Gasteiger partial charge < -0.3 is 15.2 Å². The van der Waals surface area contributed by atoms with Gasteiger partial charge in [-0.05, 0) is 11.4 Å². The molecule has 19 heavy (non-hydrogen) atoms. The molecular weight excluding hydrogens is 266 g/mol. The fraction of sp³-hybridized carbons (Fsp3) is 0.385. The summed E-state index contributed by atoms with van der Waals surface area (Å²) in [4.78, 5) is 24.5. The van der Waals surface area contributed by atoms with Crippen LogP contribution in [0, 0.1) is 11.8 Å². The van der Waals surface area contributed by atoms with E-state index in [2.05, 4.69) is 5.32 Å². The number of hydrogen-bond acceptors (Lipinski definition) is 4. The molecule has 1 amide bonds. The Bertz CT molecular complexity index is 525. The third kappa shape index (κ3) is 2.17. The summed E-state index contributed by atoms with van der Waals surface area (Å²) in [6, 6.07) is 3.84. The molecule has 0 aliphatic carbocycles. The lowest BCUT2D eigenvalue weighted by molar-refractivity contribution is -0.146. The second kappa shape index (κ2) is 4.79. The molecule has 2 aliphatic heterocycles. The largest absolute Gasteiger partial charge is 0.481 e. The van der Waals surface area contributed by atoms with E-state index in [1.165, 1.54) is 0 Å². The van der Waals surface area contributed by atoms with Crippen LogP contribution in [0.15, 0.2) is 29.7 Å². The Kier molecular flexibility index (Phi) is 3.12. The molecule has 1 fully saturated rings. The summed E-state index contributed by atoms with van der Waals surface area (Å²) in [5.41, 5.74) is 0. The predicted molar refractivity (Wildman–Crippen MR) is 68.6 cm³/mol. The molecule has 1 saturated heterocycles. The van der Waals surface area contributed by atoms with Crippen LogP contribution < -0.4 is 5.32 Å². The first-order valence-electron chi connectivity index (χ1n) is 6.03. The van der Waals surface area contributed by atoms with Gasteiger partial charge in [0.05, 0.1) is 24.7 Å². The van der Waals surface area contributed by atoms with Crippen LogP contribution in [-0.4, -0.2) is 29.2 Å². The number of hydrogen-bond donors (Lipinski definition) is 2. The standard InChI is InChI=1S/C13H13NO4S/c15-12(14-6-7-2-1-5-19-7)10-8-3-4-9(18-8)11(10)13(16)17/h1-5,8-11H,6H2,(H,14,15)(H,16,17)/t8-,9-,10-,11+/m1/s1. The minimum atomic E-state index is -0.979. The fourth-order valence-electron chi connectivity index (χ4n) is 2.62. The maximum Gasteiger partial charge on any atom is 0.310 e. The van der Waals surface area contributed by atoms with Crippen LogP contribution in [-0.2, 0) is 20.9 Å². The number of aliphatic carboxylic acids is 1. The van der Waals surface area contributed by atoms with Crippen LogP contribution in [0.1, 0.15) is 4.88 Å². The zero-order valence-corrected chi connectivity index (χ0v) is 10.8. The summed E-state index contributed by atoms with van der Waals surface area (Å²) in [7, 11) is 0. The highest BCUT2D eigenvalue weighted by atomic mass is 32.1. The first kappa shape index (κ1) is 12.4. The van der Waals surface area contributed by atoms with Gasteiger partial charge >= 0.3 is 5.97 Å². The normalized spacial score (nSPS) is 31.6. The van der Waals surface area contributed by atoms with Crippen LogP contribution in [0.5, 0.6) is 0 Å². The van der Waals surface area contributed by atoms with Gasteiger partial charge in [-0.2, -0.15) is 0 Å². The first-order valence-corrected chi connectivity index (χ1v) is 6.91. The molecule has 0 unspecified atom stereocenters.